The molecule has 8 nitrogen and oxygen atoms in total. The molecule has 5 rings (SSSR count). The molecular formula is C28H24N4O4S2. The van der Waals surface area contributed by atoms with Gasteiger partial charge in [0.25, 0.3) is 11.5 Å². The number of nitrogens with zero attached hydrogens (tertiary/aromatic N) is 3. The van der Waals surface area contributed by atoms with E-state index in [9.17, 15) is 14.9 Å². The number of hydrogen-bond acceptors (Lipinski definition) is 8. The summed E-state index contributed by atoms with van der Waals surface area (Å²) in [5, 5.41) is 13.0. The zero-order valence-corrected chi connectivity index (χ0v) is 22.4. The van der Waals surface area contributed by atoms with E-state index in [4.69, 9.17) is 21.7 Å². The molecule has 0 bridgehead atoms. The number of fused-ring (bicyclic) bond motifs is 1. The Balaban J connectivity index is 1.44. The van der Waals surface area contributed by atoms with Crippen LogP contribution in [0.2, 0.25) is 0 Å². The number of amides is 1. The average molecular weight is 545 g/mol. The van der Waals surface area contributed by atoms with Gasteiger partial charge in [-0.2, -0.15) is 5.26 Å². The SMILES string of the molecule is Cc1c(/C=C2/SC(=S)N(Cc3ccc4c(c3)OCO4)C2=O)c(NCCc2ccccc2)n(C)c(=O)c1C#N. The molecule has 1 amide bonds. The van der Waals surface area contributed by atoms with Gasteiger partial charge in [0.05, 0.1) is 11.4 Å². The number of benzene rings is 2. The lowest BCUT2D eigenvalue weighted by molar-refractivity contribution is -0.122. The summed E-state index contributed by atoms with van der Waals surface area (Å²) in [6.07, 6.45) is 2.46. The van der Waals surface area contributed by atoms with Crippen LogP contribution in [0.1, 0.15) is 27.8 Å². The molecular weight excluding hydrogens is 520 g/mol. The van der Waals surface area contributed by atoms with Crippen LogP contribution in [0.4, 0.5) is 5.82 Å². The third-order valence-electron chi connectivity index (χ3n) is 6.48. The molecule has 2 aromatic carbocycles. The average Bonchev–Trinajstić information content (AvgIpc) is 3.49. The fourth-order valence-corrected chi connectivity index (χ4v) is 5.64. The van der Waals surface area contributed by atoms with Gasteiger partial charge in [-0.1, -0.05) is 60.4 Å². The third-order valence-corrected chi connectivity index (χ3v) is 7.85. The van der Waals surface area contributed by atoms with Crippen LogP contribution in [0.5, 0.6) is 11.5 Å². The second kappa shape index (κ2) is 10.7. The van der Waals surface area contributed by atoms with Crippen LogP contribution < -0.4 is 20.3 Å². The number of nitriles is 1. The number of ether oxygens (including phenoxy) is 2. The van der Waals surface area contributed by atoms with E-state index >= 15 is 0 Å². The number of thioether (sulfide) groups is 1. The Hall–Kier alpha value is -4.07. The highest BCUT2D eigenvalue weighted by molar-refractivity contribution is 8.26. The largest absolute Gasteiger partial charge is 0.454 e. The molecule has 0 radical (unpaired) electrons. The van der Waals surface area contributed by atoms with E-state index in [1.165, 1.54) is 21.2 Å². The van der Waals surface area contributed by atoms with E-state index in [0.717, 1.165) is 17.5 Å². The second-order valence-corrected chi connectivity index (χ2v) is 10.5. The third kappa shape index (κ3) is 4.90. The highest BCUT2D eigenvalue weighted by atomic mass is 32.2. The quantitative estimate of drug-likeness (QED) is 0.347. The molecule has 1 N–H and O–H groups in total. The summed E-state index contributed by atoms with van der Waals surface area (Å²) in [6.45, 7) is 2.75. The van der Waals surface area contributed by atoms with Crippen LogP contribution in [0.15, 0.2) is 58.2 Å². The highest BCUT2D eigenvalue weighted by Crippen LogP contribution is 2.37. The van der Waals surface area contributed by atoms with Crippen molar-refractivity contribution in [3.8, 4) is 17.6 Å². The van der Waals surface area contributed by atoms with Crippen LogP contribution in [-0.4, -0.2) is 33.0 Å². The van der Waals surface area contributed by atoms with Crippen LogP contribution in [0.3, 0.4) is 0 Å². The van der Waals surface area contributed by atoms with E-state index in [1.807, 2.05) is 54.6 Å². The lowest BCUT2D eigenvalue weighted by Crippen LogP contribution is -2.27. The van der Waals surface area contributed by atoms with Crippen LogP contribution >= 0.6 is 24.0 Å². The standard InChI is InChI=1S/C28H24N4O4S2/c1-17-20(25(31(2)26(33)21(17)14-29)30-11-10-18-6-4-3-5-7-18)13-24-27(34)32(28(37)38-24)15-19-8-9-22-23(12-19)36-16-35-22/h3-9,12-13,30H,10-11,15-16H2,1-2H3/b24-13+. The number of nitrogens with one attached hydrogen (secondary N) is 1. The predicted molar refractivity (Wildman–Crippen MR) is 151 cm³/mol. The maximum Gasteiger partial charge on any atom is 0.270 e. The molecule has 38 heavy (non-hydrogen) atoms. The number of pyridine rings is 1. The van der Waals surface area contributed by atoms with Crippen molar-refractivity contribution in [1.82, 2.24) is 9.47 Å². The van der Waals surface area contributed by atoms with E-state index in [-0.39, 0.29) is 30.4 Å². The molecule has 0 aliphatic carbocycles. The summed E-state index contributed by atoms with van der Waals surface area (Å²) in [5.41, 5.74) is 2.79. The number of carbonyl (C=O) groups excluding carboxylic acids is 1. The van der Waals surface area contributed by atoms with Gasteiger partial charge in [-0.15, -0.1) is 0 Å². The maximum absolute atomic E-state index is 13.4. The Morgan fingerprint density at radius 1 is 1.13 bits per heavy atom. The number of carbonyl (C=O) groups is 1. The van der Waals surface area contributed by atoms with Gasteiger partial charge >= 0.3 is 0 Å². The Bertz CT molecular complexity index is 1570. The van der Waals surface area contributed by atoms with Gasteiger partial charge in [0, 0.05) is 19.2 Å². The summed E-state index contributed by atoms with van der Waals surface area (Å²) >= 11 is 6.74. The topological polar surface area (TPSA) is 96.6 Å². The van der Waals surface area contributed by atoms with Crippen molar-refractivity contribution in [1.29, 1.82) is 5.26 Å². The smallest absolute Gasteiger partial charge is 0.270 e. The molecule has 1 aromatic heterocycles. The Morgan fingerprint density at radius 2 is 1.89 bits per heavy atom. The minimum absolute atomic E-state index is 0.0446. The van der Waals surface area contributed by atoms with E-state index in [2.05, 4.69) is 5.32 Å². The lowest BCUT2D eigenvalue weighted by Gasteiger charge is -2.18. The number of thiocarbonyl (C=S) groups is 1. The fourth-order valence-electron chi connectivity index (χ4n) is 4.40. The minimum Gasteiger partial charge on any atom is -0.454 e. The molecule has 1 saturated heterocycles. The van der Waals surface area contributed by atoms with Gasteiger partial charge in [-0.25, -0.2) is 0 Å². The van der Waals surface area contributed by atoms with Gasteiger partial charge in [-0.3, -0.25) is 19.1 Å². The molecule has 0 spiro atoms. The molecule has 3 aromatic rings. The summed E-state index contributed by atoms with van der Waals surface area (Å²) in [7, 11) is 1.62. The van der Waals surface area contributed by atoms with Crippen molar-refractivity contribution >= 4 is 46.1 Å². The fraction of sp³-hybridized carbons (Fsp3) is 0.214. The number of aromatic nitrogens is 1. The normalized spacial score (nSPS) is 15.3. The van der Waals surface area contributed by atoms with Crippen molar-refractivity contribution < 1.29 is 14.3 Å². The van der Waals surface area contributed by atoms with Gasteiger partial charge in [-0.05, 0) is 48.2 Å². The molecule has 0 saturated carbocycles. The zero-order valence-electron chi connectivity index (χ0n) is 20.8. The number of rotatable bonds is 7. The summed E-state index contributed by atoms with van der Waals surface area (Å²) < 4.78 is 12.7. The first kappa shape index (κ1) is 25.6. The molecule has 2 aliphatic heterocycles. The van der Waals surface area contributed by atoms with Gasteiger partial charge in [0.2, 0.25) is 6.79 Å². The van der Waals surface area contributed by atoms with Crippen LogP contribution in [0, 0.1) is 18.3 Å². The molecule has 192 valence electrons. The van der Waals surface area contributed by atoms with Gasteiger partial charge in [0.15, 0.2) is 11.5 Å². The lowest BCUT2D eigenvalue weighted by atomic mass is 10.0. The highest BCUT2D eigenvalue weighted by Gasteiger charge is 2.33. The van der Waals surface area contributed by atoms with E-state index < -0.39 is 0 Å². The molecule has 10 heteroatoms. The number of hydrogen-bond donors (Lipinski definition) is 1. The Labute approximate surface area is 229 Å². The first-order valence-corrected chi connectivity index (χ1v) is 13.1. The van der Waals surface area contributed by atoms with Crippen molar-refractivity contribution in [3.05, 3.63) is 91.6 Å². The first-order valence-electron chi connectivity index (χ1n) is 11.9. The monoisotopic (exact) mass is 544 g/mol. The second-order valence-electron chi connectivity index (χ2n) is 8.86. The Morgan fingerprint density at radius 3 is 2.66 bits per heavy atom. The van der Waals surface area contributed by atoms with Crippen LogP contribution in [-0.2, 0) is 24.8 Å². The number of anilines is 1. The zero-order chi connectivity index (χ0) is 26.8. The van der Waals surface area contributed by atoms with Crippen molar-refractivity contribution in [2.24, 2.45) is 7.05 Å². The predicted octanol–water partition coefficient (Wildman–Crippen LogP) is 4.35. The molecule has 0 unspecified atom stereocenters. The maximum atomic E-state index is 13.4. The van der Waals surface area contributed by atoms with Crippen molar-refractivity contribution in [2.45, 2.75) is 19.9 Å². The minimum atomic E-state index is -0.389. The molecule has 2 aliphatic rings. The van der Waals surface area contributed by atoms with E-state index in [0.29, 0.717) is 44.2 Å². The van der Waals surface area contributed by atoms with Crippen LogP contribution in [0.25, 0.3) is 6.08 Å². The Kier molecular flexibility index (Phi) is 7.22. The molecule has 1 fully saturated rings. The van der Waals surface area contributed by atoms with Gasteiger partial charge < -0.3 is 14.8 Å². The van der Waals surface area contributed by atoms with Crippen molar-refractivity contribution in [2.75, 3.05) is 18.7 Å². The summed E-state index contributed by atoms with van der Waals surface area (Å²) in [6, 6.07) is 17.6. The molecule has 0 atom stereocenters. The van der Waals surface area contributed by atoms with Crippen molar-refractivity contribution in [3.63, 3.8) is 0 Å². The summed E-state index contributed by atoms with van der Waals surface area (Å²) in [4.78, 5) is 28.3. The summed E-state index contributed by atoms with van der Waals surface area (Å²) in [5.74, 6) is 1.62. The van der Waals surface area contributed by atoms with E-state index in [1.54, 1.807) is 20.0 Å². The molecule has 3 heterocycles. The first-order chi connectivity index (χ1) is 18.4. The van der Waals surface area contributed by atoms with Gasteiger partial charge in [0.1, 0.15) is 21.8 Å².